The van der Waals surface area contributed by atoms with Crippen LogP contribution in [0.3, 0.4) is 0 Å². The molecular weight excluding hydrogens is 230 g/mol. The summed E-state index contributed by atoms with van der Waals surface area (Å²) in [5.74, 6) is 2.23. The second-order valence-electron chi connectivity index (χ2n) is 4.16. The fourth-order valence-electron chi connectivity index (χ4n) is 1.71. The molecule has 0 aliphatic heterocycles. The summed E-state index contributed by atoms with van der Waals surface area (Å²) in [4.78, 5) is 0. The van der Waals surface area contributed by atoms with Gasteiger partial charge in [0.1, 0.15) is 11.5 Å². The van der Waals surface area contributed by atoms with E-state index in [1.165, 1.54) is 0 Å². The van der Waals surface area contributed by atoms with Crippen LogP contribution in [0.4, 0.5) is 0 Å². The maximum absolute atomic E-state index is 9.59. The highest BCUT2D eigenvalue weighted by molar-refractivity contribution is 5.38. The van der Waals surface area contributed by atoms with Crippen molar-refractivity contribution in [2.75, 3.05) is 13.2 Å². The molecule has 0 bridgehead atoms. The van der Waals surface area contributed by atoms with Crippen LogP contribution in [-0.2, 0) is 0 Å². The van der Waals surface area contributed by atoms with Crippen LogP contribution in [-0.4, -0.2) is 18.3 Å². The number of phenolic OH excluding ortho intramolecular Hbond substituents is 1. The zero-order valence-corrected chi connectivity index (χ0v) is 10.3. The number of para-hydroxylation sites is 2. The van der Waals surface area contributed by atoms with E-state index >= 15 is 0 Å². The van der Waals surface area contributed by atoms with Gasteiger partial charge in [-0.05, 0) is 31.2 Å². The minimum Gasteiger partial charge on any atom is -0.504 e. The Morgan fingerprint density at radius 1 is 1.28 bits per heavy atom. The van der Waals surface area contributed by atoms with E-state index in [-0.39, 0.29) is 11.7 Å². The third-order valence-corrected chi connectivity index (χ3v) is 2.75. The molecular formula is C14H17NO3. The molecule has 0 spiro atoms. The molecule has 0 fully saturated rings. The second-order valence-corrected chi connectivity index (χ2v) is 4.16. The Labute approximate surface area is 106 Å². The molecule has 0 aliphatic carbocycles. The fraction of sp³-hybridized carbons (Fsp3) is 0.286. The van der Waals surface area contributed by atoms with Crippen LogP contribution in [0.15, 0.2) is 40.8 Å². The average Bonchev–Trinajstić information content (AvgIpc) is 2.79. The van der Waals surface area contributed by atoms with Gasteiger partial charge in [-0.2, -0.15) is 0 Å². The van der Waals surface area contributed by atoms with Gasteiger partial charge in [0.05, 0.1) is 12.5 Å². The lowest BCUT2D eigenvalue weighted by Gasteiger charge is -2.14. The van der Waals surface area contributed by atoms with Crippen molar-refractivity contribution in [3.8, 4) is 11.5 Å². The molecule has 2 aromatic rings. The molecule has 1 atom stereocenters. The van der Waals surface area contributed by atoms with Crippen LogP contribution >= 0.6 is 0 Å². The van der Waals surface area contributed by atoms with Crippen LogP contribution in [0, 0.1) is 6.92 Å². The number of rotatable bonds is 5. The first-order valence-electron chi connectivity index (χ1n) is 5.88. The SMILES string of the molecule is Cc1ccc(C(CN)COc2ccccc2O)o1. The van der Waals surface area contributed by atoms with E-state index in [1.54, 1.807) is 18.2 Å². The number of aryl methyl sites for hydroxylation is 1. The summed E-state index contributed by atoms with van der Waals surface area (Å²) in [6.07, 6.45) is 0. The van der Waals surface area contributed by atoms with Gasteiger partial charge in [0.25, 0.3) is 0 Å². The lowest BCUT2D eigenvalue weighted by molar-refractivity contribution is 0.260. The second kappa shape index (κ2) is 5.60. The van der Waals surface area contributed by atoms with E-state index in [4.69, 9.17) is 14.9 Å². The molecule has 3 N–H and O–H groups in total. The molecule has 1 unspecified atom stereocenters. The number of hydrogen-bond acceptors (Lipinski definition) is 4. The summed E-state index contributed by atoms with van der Waals surface area (Å²) in [6.45, 7) is 2.70. The molecule has 0 saturated carbocycles. The van der Waals surface area contributed by atoms with Gasteiger partial charge in [-0.25, -0.2) is 0 Å². The molecule has 1 heterocycles. The van der Waals surface area contributed by atoms with Gasteiger partial charge in [0, 0.05) is 6.54 Å². The topological polar surface area (TPSA) is 68.6 Å². The van der Waals surface area contributed by atoms with Gasteiger partial charge in [0.15, 0.2) is 11.5 Å². The van der Waals surface area contributed by atoms with Crippen molar-refractivity contribution >= 4 is 0 Å². The molecule has 4 heteroatoms. The molecule has 2 rings (SSSR count). The molecule has 96 valence electrons. The Balaban J connectivity index is 2.02. The first-order chi connectivity index (χ1) is 8.70. The zero-order valence-electron chi connectivity index (χ0n) is 10.3. The van der Waals surface area contributed by atoms with Crippen molar-refractivity contribution in [2.45, 2.75) is 12.8 Å². The van der Waals surface area contributed by atoms with Gasteiger partial charge in [-0.15, -0.1) is 0 Å². The number of benzene rings is 1. The Morgan fingerprint density at radius 2 is 2.06 bits per heavy atom. The first kappa shape index (κ1) is 12.5. The largest absolute Gasteiger partial charge is 0.504 e. The highest BCUT2D eigenvalue weighted by Gasteiger charge is 2.15. The normalized spacial score (nSPS) is 12.3. The molecule has 0 saturated heterocycles. The Hall–Kier alpha value is -1.94. The van der Waals surface area contributed by atoms with E-state index in [9.17, 15) is 5.11 Å². The van der Waals surface area contributed by atoms with Crippen LogP contribution in [0.1, 0.15) is 17.4 Å². The third-order valence-electron chi connectivity index (χ3n) is 2.75. The number of hydrogen-bond donors (Lipinski definition) is 2. The minimum absolute atomic E-state index is 0.0155. The number of nitrogens with two attached hydrogens (primary N) is 1. The number of aromatic hydroxyl groups is 1. The molecule has 1 aromatic carbocycles. The van der Waals surface area contributed by atoms with Gasteiger partial charge in [0.2, 0.25) is 0 Å². The van der Waals surface area contributed by atoms with Crippen LogP contribution in [0.25, 0.3) is 0 Å². The highest BCUT2D eigenvalue weighted by atomic mass is 16.5. The Morgan fingerprint density at radius 3 is 2.67 bits per heavy atom. The van der Waals surface area contributed by atoms with E-state index in [1.807, 2.05) is 25.1 Å². The lowest BCUT2D eigenvalue weighted by Crippen LogP contribution is -2.19. The monoisotopic (exact) mass is 247 g/mol. The summed E-state index contributed by atoms with van der Waals surface area (Å²) in [7, 11) is 0. The van der Waals surface area contributed by atoms with Crippen molar-refractivity contribution in [1.29, 1.82) is 0 Å². The van der Waals surface area contributed by atoms with Crippen molar-refractivity contribution in [1.82, 2.24) is 0 Å². The maximum atomic E-state index is 9.59. The van der Waals surface area contributed by atoms with E-state index in [2.05, 4.69) is 0 Å². The van der Waals surface area contributed by atoms with Crippen LogP contribution < -0.4 is 10.5 Å². The highest BCUT2D eigenvalue weighted by Crippen LogP contribution is 2.26. The van der Waals surface area contributed by atoms with E-state index in [0.29, 0.717) is 18.9 Å². The van der Waals surface area contributed by atoms with Crippen molar-refractivity contribution in [3.05, 3.63) is 47.9 Å². The molecule has 18 heavy (non-hydrogen) atoms. The molecule has 0 radical (unpaired) electrons. The quantitative estimate of drug-likeness (QED) is 0.851. The van der Waals surface area contributed by atoms with Gasteiger partial charge < -0.3 is 20.0 Å². The summed E-state index contributed by atoms with van der Waals surface area (Å²) < 4.78 is 11.1. The fourth-order valence-corrected chi connectivity index (χ4v) is 1.71. The van der Waals surface area contributed by atoms with Crippen LogP contribution in [0.2, 0.25) is 0 Å². The van der Waals surface area contributed by atoms with Gasteiger partial charge in [-0.3, -0.25) is 0 Å². The summed E-state index contributed by atoms with van der Waals surface area (Å²) in [5, 5.41) is 9.59. The van der Waals surface area contributed by atoms with E-state index in [0.717, 1.165) is 11.5 Å². The Bertz CT molecular complexity index is 507. The van der Waals surface area contributed by atoms with Crippen LogP contribution in [0.5, 0.6) is 11.5 Å². The summed E-state index contributed by atoms with van der Waals surface area (Å²) in [6, 6.07) is 10.7. The zero-order chi connectivity index (χ0) is 13.0. The average molecular weight is 247 g/mol. The molecule has 1 aromatic heterocycles. The third kappa shape index (κ3) is 2.84. The predicted molar refractivity (Wildman–Crippen MR) is 68.8 cm³/mol. The van der Waals surface area contributed by atoms with E-state index < -0.39 is 0 Å². The predicted octanol–water partition coefficient (Wildman–Crippen LogP) is 2.41. The summed E-state index contributed by atoms with van der Waals surface area (Å²) >= 11 is 0. The summed E-state index contributed by atoms with van der Waals surface area (Å²) in [5.41, 5.74) is 5.71. The van der Waals surface area contributed by atoms with Gasteiger partial charge >= 0.3 is 0 Å². The lowest BCUT2D eigenvalue weighted by atomic mass is 10.1. The van der Waals surface area contributed by atoms with Crippen molar-refractivity contribution in [2.24, 2.45) is 5.73 Å². The van der Waals surface area contributed by atoms with Gasteiger partial charge in [-0.1, -0.05) is 12.1 Å². The van der Waals surface area contributed by atoms with Crippen molar-refractivity contribution in [3.63, 3.8) is 0 Å². The number of ether oxygens (including phenoxy) is 1. The Kier molecular flexibility index (Phi) is 3.89. The smallest absolute Gasteiger partial charge is 0.160 e. The number of phenols is 1. The molecule has 4 nitrogen and oxygen atoms in total. The maximum Gasteiger partial charge on any atom is 0.160 e. The van der Waals surface area contributed by atoms with Crippen molar-refractivity contribution < 1.29 is 14.3 Å². The molecule has 0 aliphatic rings. The first-order valence-corrected chi connectivity index (χ1v) is 5.88. The number of furan rings is 1. The standard InChI is InChI=1S/C14H17NO3/c1-10-6-7-13(18-10)11(8-15)9-17-14-5-3-2-4-12(14)16/h2-7,11,16H,8-9,15H2,1H3. The minimum atomic E-state index is -0.0155. The molecule has 0 amide bonds.